The van der Waals surface area contributed by atoms with Crippen molar-refractivity contribution in [2.24, 2.45) is 0 Å². The topological polar surface area (TPSA) is 120 Å². The summed E-state index contributed by atoms with van der Waals surface area (Å²) in [5.74, 6) is 2.79. The van der Waals surface area contributed by atoms with Gasteiger partial charge in [-0.25, -0.2) is 9.61 Å². The van der Waals surface area contributed by atoms with Gasteiger partial charge in [-0.3, -0.25) is 4.79 Å². The summed E-state index contributed by atoms with van der Waals surface area (Å²) >= 11 is 1.33. The average Bonchev–Trinajstić information content (AvgIpc) is 3.53. The van der Waals surface area contributed by atoms with Gasteiger partial charge in [0.15, 0.2) is 0 Å². The summed E-state index contributed by atoms with van der Waals surface area (Å²) in [6, 6.07) is 16.7. The van der Waals surface area contributed by atoms with E-state index in [2.05, 4.69) is 25.4 Å². The molecule has 3 aromatic heterocycles. The minimum atomic E-state index is -0.325. The molecule has 0 aliphatic heterocycles. The van der Waals surface area contributed by atoms with E-state index in [0.29, 0.717) is 40.4 Å². The van der Waals surface area contributed by atoms with E-state index < -0.39 is 0 Å². The van der Waals surface area contributed by atoms with Crippen LogP contribution in [-0.2, 0) is 5.75 Å². The van der Waals surface area contributed by atoms with Gasteiger partial charge in [0, 0.05) is 11.1 Å². The van der Waals surface area contributed by atoms with Crippen LogP contribution in [0.5, 0.6) is 11.5 Å². The lowest BCUT2D eigenvalue weighted by Crippen LogP contribution is -2.13. The van der Waals surface area contributed by atoms with Crippen molar-refractivity contribution >= 4 is 17.3 Å². The van der Waals surface area contributed by atoms with Gasteiger partial charge in [-0.15, -0.1) is 5.10 Å². The Morgan fingerprint density at radius 2 is 1.79 bits per heavy atom. The lowest BCUT2D eigenvalue weighted by molar-refractivity contribution is 0.340. The number of hydrogen-bond acceptors (Lipinski definition) is 9. The highest BCUT2D eigenvalue weighted by Crippen LogP contribution is 2.26. The molecule has 10 nitrogen and oxygen atoms in total. The largest absolute Gasteiger partial charge is 0.497 e. The van der Waals surface area contributed by atoms with Gasteiger partial charge in [-0.2, -0.15) is 10.1 Å². The lowest BCUT2D eigenvalue weighted by atomic mass is 10.1. The third kappa shape index (κ3) is 4.37. The normalized spacial score (nSPS) is 11.1. The first-order valence-corrected chi connectivity index (χ1v) is 11.4. The van der Waals surface area contributed by atoms with Crippen molar-refractivity contribution < 1.29 is 14.0 Å². The predicted octanol–water partition coefficient (Wildman–Crippen LogP) is 3.83. The molecule has 2 aromatic carbocycles. The molecule has 0 saturated carbocycles. The second-order valence-corrected chi connectivity index (χ2v) is 8.09. The third-order valence-corrected chi connectivity index (χ3v) is 5.89. The highest BCUT2D eigenvalue weighted by Gasteiger charge is 2.15. The SMILES string of the molecule is CCOc1ccc(-c2cc3c(=O)[nH]nc(SCc4nc(-c5ccc(OC)cc5)no4)n3n2)cc1. The Hall–Kier alpha value is -4.12. The fraction of sp³-hybridized carbons (Fsp3) is 0.174. The Morgan fingerprint density at radius 1 is 1.06 bits per heavy atom. The average molecular weight is 477 g/mol. The van der Waals surface area contributed by atoms with Gasteiger partial charge in [0.2, 0.25) is 16.9 Å². The van der Waals surface area contributed by atoms with E-state index in [1.54, 1.807) is 13.2 Å². The molecule has 5 aromatic rings. The third-order valence-electron chi connectivity index (χ3n) is 4.98. The zero-order valence-corrected chi connectivity index (χ0v) is 19.2. The molecule has 0 radical (unpaired) electrons. The smallest absolute Gasteiger partial charge is 0.290 e. The van der Waals surface area contributed by atoms with E-state index >= 15 is 0 Å². The van der Waals surface area contributed by atoms with Crippen molar-refractivity contribution in [1.82, 2.24) is 30.0 Å². The number of thioether (sulfide) groups is 1. The summed E-state index contributed by atoms with van der Waals surface area (Å²) < 4.78 is 17.6. The van der Waals surface area contributed by atoms with Crippen LogP contribution in [0.4, 0.5) is 0 Å². The fourth-order valence-electron chi connectivity index (χ4n) is 3.31. The summed E-state index contributed by atoms with van der Waals surface area (Å²) in [7, 11) is 1.61. The predicted molar refractivity (Wildman–Crippen MR) is 126 cm³/mol. The molecule has 0 saturated heterocycles. The molecule has 3 heterocycles. The quantitative estimate of drug-likeness (QED) is 0.333. The number of ether oxygens (including phenoxy) is 2. The monoisotopic (exact) mass is 476 g/mol. The Labute approximate surface area is 197 Å². The first-order chi connectivity index (χ1) is 16.6. The van der Waals surface area contributed by atoms with Crippen molar-refractivity contribution in [3.63, 3.8) is 0 Å². The van der Waals surface area contributed by atoms with Crippen molar-refractivity contribution in [2.45, 2.75) is 17.8 Å². The highest BCUT2D eigenvalue weighted by molar-refractivity contribution is 7.98. The van der Waals surface area contributed by atoms with E-state index in [0.717, 1.165) is 22.6 Å². The summed E-state index contributed by atoms with van der Waals surface area (Å²) in [5.41, 5.74) is 2.41. The second kappa shape index (κ2) is 9.40. The minimum absolute atomic E-state index is 0.325. The van der Waals surface area contributed by atoms with Gasteiger partial charge in [-0.1, -0.05) is 16.9 Å². The van der Waals surface area contributed by atoms with Crippen LogP contribution >= 0.6 is 11.8 Å². The second-order valence-electron chi connectivity index (χ2n) is 7.15. The van der Waals surface area contributed by atoms with Gasteiger partial charge in [-0.05, 0) is 61.5 Å². The number of benzene rings is 2. The molecule has 0 amide bonds. The van der Waals surface area contributed by atoms with E-state index in [9.17, 15) is 4.79 Å². The zero-order valence-electron chi connectivity index (χ0n) is 18.4. The van der Waals surface area contributed by atoms with E-state index in [4.69, 9.17) is 14.0 Å². The maximum atomic E-state index is 12.3. The lowest BCUT2D eigenvalue weighted by Gasteiger charge is -2.03. The Morgan fingerprint density at radius 3 is 2.53 bits per heavy atom. The molecular weight excluding hydrogens is 456 g/mol. The van der Waals surface area contributed by atoms with Gasteiger partial charge in [0.1, 0.15) is 17.0 Å². The standard InChI is InChI=1S/C23H20N6O4S/c1-3-32-17-10-4-14(5-11-17)18-12-19-22(30)25-26-23(29(19)27-18)34-13-20-24-21(28-33-20)15-6-8-16(31-2)9-7-15/h4-12H,3,13H2,1-2H3,(H,25,30). The first kappa shape index (κ1) is 21.7. The number of fused-ring (bicyclic) bond motifs is 1. The summed E-state index contributed by atoms with van der Waals surface area (Å²) in [5, 5.41) is 15.8. The maximum absolute atomic E-state index is 12.3. The van der Waals surface area contributed by atoms with Gasteiger partial charge in [0.05, 0.1) is 25.2 Å². The van der Waals surface area contributed by atoms with Crippen LogP contribution in [-0.4, -0.2) is 43.7 Å². The van der Waals surface area contributed by atoms with Crippen LogP contribution in [0.3, 0.4) is 0 Å². The number of rotatable bonds is 8. The molecule has 1 N–H and O–H groups in total. The van der Waals surface area contributed by atoms with E-state index in [-0.39, 0.29) is 5.56 Å². The number of aromatic amines is 1. The van der Waals surface area contributed by atoms with Crippen molar-refractivity contribution in [2.75, 3.05) is 13.7 Å². The number of nitrogens with zero attached hydrogens (tertiary/aromatic N) is 5. The Balaban J connectivity index is 1.36. The molecule has 5 rings (SSSR count). The summed E-state index contributed by atoms with van der Waals surface area (Å²) in [6.07, 6.45) is 0. The molecule has 0 fully saturated rings. The van der Waals surface area contributed by atoms with Gasteiger partial charge >= 0.3 is 0 Å². The summed E-state index contributed by atoms with van der Waals surface area (Å²) in [4.78, 5) is 16.8. The number of H-pyrrole nitrogens is 1. The minimum Gasteiger partial charge on any atom is -0.497 e. The molecule has 0 atom stereocenters. The maximum Gasteiger partial charge on any atom is 0.290 e. The van der Waals surface area contributed by atoms with Crippen LogP contribution in [0.2, 0.25) is 0 Å². The van der Waals surface area contributed by atoms with Crippen molar-refractivity contribution in [3.8, 4) is 34.1 Å². The molecule has 0 spiro atoms. The van der Waals surface area contributed by atoms with Crippen molar-refractivity contribution in [3.05, 3.63) is 70.8 Å². The number of methoxy groups -OCH3 is 1. The molecular formula is C23H20N6O4S. The summed E-state index contributed by atoms with van der Waals surface area (Å²) in [6.45, 7) is 2.53. The van der Waals surface area contributed by atoms with Crippen molar-refractivity contribution in [1.29, 1.82) is 0 Å². The highest BCUT2D eigenvalue weighted by atomic mass is 32.2. The molecule has 0 bridgehead atoms. The molecule has 11 heteroatoms. The fourth-order valence-corrected chi connectivity index (χ4v) is 4.05. The van der Waals surface area contributed by atoms with Crippen LogP contribution in [0, 0.1) is 0 Å². The molecule has 0 unspecified atom stereocenters. The van der Waals surface area contributed by atoms with E-state index in [1.165, 1.54) is 16.3 Å². The molecule has 0 aliphatic carbocycles. The zero-order chi connectivity index (χ0) is 23.5. The number of aromatic nitrogens is 6. The Bertz CT molecular complexity index is 1470. The number of nitrogens with one attached hydrogen (secondary N) is 1. The van der Waals surface area contributed by atoms with Crippen LogP contribution < -0.4 is 15.0 Å². The van der Waals surface area contributed by atoms with E-state index in [1.807, 2.05) is 55.5 Å². The van der Waals surface area contributed by atoms with Gasteiger partial charge in [0.25, 0.3) is 5.56 Å². The van der Waals surface area contributed by atoms with Crippen LogP contribution in [0.15, 0.2) is 69.1 Å². The Kier molecular flexibility index (Phi) is 6.00. The van der Waals surface area contributed by atoms with Gasteiger partial charge < -0.3 is 14.0 Å². The molecule has 34 heavy (non-hydrogen) atoms. The van der Waals surface area contributed by atoms with Crippen LogP contribution in [0.1, 0.15) is 12.8 Å². The van der Waals surface area contributed by atoms with Crippen LogP contribution in [0.25, 0.3) is 28.2 Å². The molecule has 0 aliphatic rings. The number of hydrogen-bond donors (Lipinski definition) is 1. The molecule has 172 valence electrons. The first-order valence-electron chi connectivity index (χ1n) is 10.5.